The van der Waals surface area contributed by atoms with E-state index in [0.29, 0.717) is 11.3 Å². The summed E-state index contributed by atoms with van der Waals surface area (Å²) in [4.78, 5) is 0.286. The van der Waals surface area contributed by atoms with Crippen molar-refractivity contribution in [1.82, 2.24) is 4.72 Å². The molecular formula is C10H14N2O2S. The van der Waals surface area contributed by atoms with Gasteiger partial charge in [0.25, 0.3) is 0 Å². The summed E-state index contributed by atoms with van der Waals surface area (Å²) in [5.41, 5.74) is 6.80. The van der Waals surface area contributed by atoms with E-state index in [0.717, 1.165) is 12.8 Å². The van der Waals surface area contributed by atoms with Gasteiger partial charge in [-0.15, -0.1) is 0 Å². The number of rotatable bonds is 3. The highest BCUT2D eigenvalue weighted by atomic mass is 32.2. The number of benzene rings is 1. The zero-order chi connectivity index (χ0) is 11.1. The number of nitrogen functional groups attached to an aromatic ring is 1. The Hall–Kier alpha value is -1.07. The van der Waals surface area contributed by atoms with Gasteiger partial charge in [0.1, 0.15) is 0 Å². The van der Waals surface area contributed by atoms with E-state index >= 15 is 0 Å². The molecule has 0 radical (unpaired) electrons. The van der Waals surface area contributed by atoms with Crippen molar-refractivity contribution in [3.05, 3.63) is 23.8 Å². The topological polar surface area (TPSA) is 72.2 Å². The fourth-order valence-electron chi connectivity index (χ4n) is 1.41. The van der Waals surface area contributed by atoms with Crippen LogP contribution >= 0.6 is 0 Å². The highest BCUT2D eigenvalue weighted by Gasteiger charge is 2.28. The highest BCUT2D eigenvalue weighted by molar-refractivity contribution is 7.89. The van der Waals surface area contributed by atoms with Gasteiger partial charge < -0.3 is 5.73 Å². The van der Waals surface area contributed by atoms with E-state index in [4.69, 9.17) is 5.73 Å². The van der Waals surface area contributed by atoms with Crippen molar-refractivity contribution in [3.8, 4) is 0 Å². The summed E-state index contributed by atoms with van der Waals surface area (Å²) >= 11 is 0. The number of hydrogen-bond donors (Lipinski definition) is 2. The Morgan fingerprint density at radius 2 is 2.07 bits per heavy atom. The molecule has 0 aliphatic heterocycles. The Balaban J connectivity index is 2.39. The first-order valence-electron chi connectivity index (χ1n) is 4.88. The fourth-order valence-corrected chi connectivity index (χ4v) is 2.99. The minimum absolute atomic E-state index is 0.121. The molecule has 1 aliphatic carbocycles. The van der Waals surface area contributed by atoms with E-state index in [1.165, 1.54) is 0 Å². The molecule has 3 N–H and O–H groups in total. The average molecular weight is 226 g/mol. The number of sulfonamides is 1. The summed E-state index contributed by atoms with van der Waals surface area (Å²) in [6.07, 6.45) is 1.86. The Morgan fingerprint density at radius 1 is 1.40 bits per heavy atom. The lowest BCUT2D eigenvalue weighted by Crippen LogP contribution is -2.26. The summed E-state index contributed by atoms with van der Waals surface area (Å²) in [5.74, 6) is 0. The van der Waals surface area contributed by atoms with Gasteiger partial charge >= 0.3 is 0 Å². The Morgan fingerprint density at radius 3 is 2.67 bits per heavy atom. The molecule has 0 aromatic heterocycles. The van der Waals surface area contributed by atoms with Crippen LogP contribution in [0.1, 0.15) is 18.4 Å². The van der Waals surface area contributed by atoms with Crippen molar-refractivity contribution in [2.24, 2.45) is 0 Å². The maximum atomic E-state index is 11.9. The van der Waals surface area contributed by atoms with Crippen molar-refractivity contribution in [3.63, 3.8) is 0 Å². The molecule has 5 heteroatoms. The molecule has 1 fully saturated rings. The molecule has 0 bridgehead atoms. The Labute approximate surface area is 89.5 Å². The van der Waals surface area contributed by atoms with Crippen LogP contribution in [0.3, 0.4) is 0 Å². The number of nitrogens with two attached hydrogens (primary N) is 1. The van der Waals surface area contributed by atoms with Gasteiger partial charge in [0.05, 0.1) is 4.90 Å². The number of nitrogens with one attached hydrogen (secondary N) is 1. The lowest BCUT2D eigenvalue weighted by Gasteiger charge is -2.09. The molecule has 15 heavy (non-hydrogen) atoms. The van der Waals surface area contributed by atoms with Gasteiger partial charge in [-0.25, -0.2) is 13.1 Å². The van der Waals surface area contributed by atoms with Crippen LogP contribution < -0.4 is 10.5 Å². The van der Waals surface area contributed by atoms with Gasteiger partial charge in [0.15, 0.2) is 0 Å². The van der Waals surface area contributed by atoms with Gasteiger partial charge in [-0.1, -0.05) is 6.07 Å². The van der Waals surface area contributed by atoms with Gasteiger partial charge in [-0.05, 0) is 37.5 Å². The molecule has 0 unspecified atom stereocenters. The minimum atomic E-state index is -3.38. The molecule has 0 heterocycles. The predicted molar refractivity (Wildman–Crippen MR) is 58.9 cm³/mol. The van der Waals surface area contributed by atoms with Crippen LogP contribution in [0.2, 0.25) is 0 Å². The summed E-state index contributed by atoms with van der Waals surface area (Å²) in [5, 5.41) is 0. The van der Waals surface area contributed by atoms with Gasteiger partial charge in [0, 0.05) is 11.7 Å². The third-order valence-electron chi connectivity index (χ3n) is 2.51. The zero-order valence-corrected chi connectivity index (χ0v) is 9.34. The normalized spacial score (nSPS) is 16.6. The highest BCUT2D eigenvalue weighted by Crippen LogP contribution is 2.25. The molecule has 0 atom stereocenters. The van der Waals surface area contributed by atoms with Crippen LogP contribution in [0.4, 0.5) is 5.69 Å². The molecular weight excluding hydrogens is 212 g/mol. The van der Waals surface area contributed by atoms with E-state index in [1.54, 1.807) is 25.1 Å². The molecule has 2 rings (SSSR count). The molecule has 1 saturated carbocycles. The average Bonchev–Trinajstić information content (AvgIpc) is 2.92. The minimum Gasteiger partial charge on any atom is -0.398 e. The molecule has 1 aromatic carbocycles. The molecule has 0 spiro atoms. The molecule has 0 saturated heterocycles. The quantitative estimate of drug-likeness (QED) is 0.756. The van der Waals surface area contributed by atoms with Crippen LogP contribution in [-0.4, -0.2) is 14.5 Å². The number of anilines is 1. The first-order valence-corrected chi connectivity index (χ1v) is 6.36. The number of hydrogen-bond acceptors (Lipinski definition) is 3. The van der Waals surface area contributed by atoms with Crippen LogP contribution in [0.5, 0.6) is 0 Å². The largest absolute Gasteiger partial charge is 0.398 e. The van der Waals surface area contributed by atoms with Crippen molar-refractivity contribution < 1.29 is 8.42 Å². The van der Waals surface area contributed by atoms with Crippen molar-refractivity contribution in [2.75, 3.05) is 5.73 Å². The second kappa shape index (κ2) is 3.50. The molecule has 1 aliphatic rings. The molecule has 82 valence electrons. The van der Waals surface area contributed by atoms with Gasteiger partial charge in [0.2, 0.25) is 10.0 Å². The molecule has 1 aromatic rings. The zero-order valence-electron chi connectivity index (χ0n) is 8.53. The molecule has 4 nitrogen and oxygen atoms in total. The van der Waals surface area contributed by atoms with Crippen molar-refractivity contribution in [1.29, 1.82) is 0 Å². The Bertz CT molecular complexity index is 478. The van der Waals surface area contributed by atoms with E-state index in [-0.39, 0.29) is 10.9 Å². The monoisotopic (exact) mass is 226 g/mol. The SMILES string of the molecule is Cc1c(N)cccc1S(=O)(=O)NC1CC1. The maximum Gasteiger partial charge on any atom is 0.241 e. The van der Waals surface area contributed by atoms with Crippen molar-refractivity contribution >= 4 is 15.7 Å². The van der Waals surface area contributed by atoms with Crippen LogP contribution in [0.15, 0.2) is 23.1 Å². The third kappa shape index (κ3) is 2.13. The second-order valence-electron chi connectivity index (χ2n) is 3.87. The van der Waals surface area contributed by atoms with Crippen LogP contribution in [0.25, 0.3) is 0 Å². The third-order valence-corrected chi connectivity index (χ3v) is 4.18. The summed E-state index contributed by atoms with van der Waals surface area (Å²) < 4.78 is 26.4. The maximum absolute atomic E-state index is 11.9. The summed E-state index contributed by atoms with van der Waals surface area (Å²) in [6, 6.07) is 5.06. The predicted octanol–water partition coefficient (Wildman–Crippen LogP) is 1.02. The van der Waals surface area contributed by atoms with Gasteiger partial charge in [-0.2, -0.15) is 0 Å². The standard InChI is InChI=1S/C10H14N2O2S/c1-7-9(11)3-2-4-10(7)15(13,14)12-8-5-6-8/h2-4,8,12H,5-6,11H2,1H3. The van der Waals surface area contributed by atoms with Crippen molar-refractivity contribution in [2.45, 2.75) is 30.7 Å². The van der Waals surface area contributed by atoms with Crippen LogP contribution in [-0.2, 0) is 10.0 Å². The second-order valence-corrected chi connectivity index (χ2v) is 5.55. The fraction of sp³-hybridized carbons (Fsp3) is 0.400. The lowest BCUT2D eigenvalue weighted by molar-refractivity contribution is 0.580. The van der Waals surface area contributed by atoms with E-state index in [9.17, 15) is 8.42 Å². The van der Waals surface area contributed by atoms with Crippen LogP contribution in [0, 0.1) is 6.92 Å². The first kappa shape index (κ1) is 10.4. The Kier molecular flexibility index (Phi) is 2.44. The first-order chi connectivity index (χ1) is 7.00. The van der Waals surface area contributed by atoms with Gasteiger partial charge in [-0.3, -0.25) is 0 Å². The van der Waals surface area contributed by atoms with E-state index in [1.807, 2.05) is 0 Å². The molecule has 0 amide bonds. The smallest absolute Gasteiger partial charge is 0.241 e. The summed E-state index contributed by atoms with van der Waals surface area (Å²) in [7, 11) is -3.38. The van der Waals surface area contributed by atoms with E-state index in [2.05, 4.69) is 4.72 Å². The van der Waals surface area contributed by atoms with E-state index < -0.39 is 10.0 Å². The summed E-state index contributed by atoms with van der Waals surface area (Å²) in [6.45, 7) is 1.72. The lowest BCUT2D eigenvalue weighted by atomic mass is 10.2.